The molecule has 0 aliphatic carbocycles. The summed E-state index contributed by atoms with van der Waals surface area (Å²) < 4.78 is 17.7. The highest BCUT2D eigenvalue weighted by atomic mass is 19.1. The summed E-state index contributed by atoms with van der Waals surface area (Å²) in [5.74, 6) is 0. The molecule has 1 saturated heterocycles. The maximum atomic E-state index is 12.8. The Bertz CT molecular complexity index is 228. The minimum Gasteiger partial charge on any atom is -0.433 e. The van der Waals surface area contributed by atoms with Gasteiger partial charge in [0.1, 0.15) is 12.9 Å². The molecule has 0 spiro atoms. The van der Waals surface area contributed by atoms with Crippen molar-refractivity contribution < 1.29 is 13.9 Å². The van der Waals surface area contributed by atoms with Crippen LogP contribution in [0.25, 0.3) is 0 Å². The Morgan fingerprint density at radius 3 is 2.73 bits per heavy atom. The van der Waals surface area contributed by atoms with Gasteiger partial charge in [0.15, 0.2) is 0 Å². The first-order valence-corrected chi connectivity index (χ1v) is 5.19. The molecule has 0 aromatic carbocycles. The van der Waals surface area contributed by atoms with Gasteiger partial charge in [-0.2, -0.15) is 0 Å². The lowest BCUT2D eigenvalue weighted by molar-refractivity contribution is 0.0924. The van der Waals surface area contributed by atoms with E-state index in [1.54, 1.807) is 0 Å². The molecule has 1 aliphatic heterocycles. The second kappa shape index (κ2) is 4.79. The fourth-order valence-corrected chi connectivity index (χ4v) is 1.29. The zero-order valence-electron chi connectivity index (χ0n) is 9.55. The molecule has 1 amide bonds. The summed E-state index contributed by atoms with van der Waals surface area (Å²) in [6.45, 7) is 6.72. The highest BCUT2D eigenvalue weighted by molar-refractivity contribution is 5.67. The molecule has 1 fully saturated rings. The number of carbonyl (C=O) groups is 1. The van der Waals surface area contributed by atoms with E-state index in [9.17, 15) is 9.18 Å². The quantitative estimate of drug-likeness (QED) is 0.714. The van der Waals surface area contributed by atoms with E-state index in [4.69, 9.17) is 4.74 Å². The molecule has 0 saturated carbocycles. The van der Waals surface area contributed by atoms with E-state index in [1.165, 1.54) is 4.90 Å². The van der Waals surface area contributed by atoms with E-state index in [0.717, 1.165) is 0 Å². The summed E-state index contributed by atoms with van der Waals surface area (Å²) >= 11 is 0. The summed E-state index contributed by atoms with van der Waals surface area (Å²) in [4.78, 5) is 12.8. The van der Waals surface area contributed by atoms with Gasteiger partial charge in [0.2, 0.25) is 0 Å². The SMILES string of the molecule is CC(C)(C)NCOC(=O)N1CCC(F)C1. The Morgan fingerprint density at radius 2 is 2.27 bits per heavy atom. The Labute approximate surface area is 89.8 Å². The number of amides is 1. The van der Waals surface area contributed by atoms with Gasteiger partial charge in [-0.05, 0) is 27.2 Å². The van der Waals surface area contributed by atoms with Crippen molar-refractivity contribution in [1.29, 1.82) is 0 Å². The number of hydrogen-bond acceptors (Lipinski definition) is 3. The predicted octanol–water partition coefficient (Wildman–Crippen LogP) is 1.51. The second-order valence-corrected chi connectivity index (χ2v) is 4.81. The van der Waals surface area contributed by atoms with Crippen molar-refractivity contribution in [3.8, 4) is 0 Å². The van der Waals surface area contributed by atoms with Crippen molar-refractivity contribution in [2.75, 3.05) is 19.8 Å². The van der Waals surface area contributed by atoms with Gasteiger partial charge in [0, 0.05) is 12.1 Å². The number of nitrogens with one attached hydrogen (secondary N) is 1. The van der Waals surface area contributed by atoms with Gasteiger partial charge in [0.25, 0.3) is 0 Å². The molecule has 1 atom stereocenters. The number of halogens is 1. The van der Waals surface area contributed by atoms with Crippen LogP contribution in [0.4, 0.5) is 9.18 Å². The summed E-state index contributed by atoms with van der Waals surface area (Å²) in [6, 6.07) is 0. The Balaban J connectivity index is 2.19. The van der Waals surface area contributed by atoms with Crippen LogP contribution in [0.5, 0.6) is 0 Å². The third kappa shape index (κ3) is 4.46. The van der Waals surface area contributed by atoms with Gasteiger partial charge in [-0.3, -0.25) is 5.32 Å². The van der Waals surface area contributed by atoms with Crippen LogP contribution < -0.4 is 5.32 Å². The molecule has 1 heterocycles. The van der Waals surface area contributed by atoms with Crippen molar-refractivity contribution >= 4 is 6.09 Å². The maximum absolute atomic E-state index is 12.8. The largest absolute Gasteiger partial charge is 0.433 e. The Hall–Kier alpha value is -0.840. The zero-order chi connectivity index (χ0) is 11.5. The van der Waals surface area contributed by atoms with Gasteiger partial charge in [0.05, 0.1) is 6.54 Å². The van der Waals surface area contributed by atoms with Gasteiger partial charge >= 0.3 is 6.09 Å². The molecule has 0 aromatic rings. The third-order valence-corrected chi connectivity index (χ3v) is 2.19. The number of hydrogen-bond donors (Lipinski definition) is 1. The van der Waals surface area contributed by atoms with E-state index < -0.39 is 12.3 Å². The fraction of sp³-hybridized carbons (Fsp3) is 0.900. The van der Waals surface area contributed by atoms with Gasteiger partial charge in [-0.1, -0.05) is 0 Å². The molecule has 15 heavy (non-hydrogen) atoms. The van der Waals surface area contributed by atoms with E-state index in [2.05, 4.69) is 5.32 Å². The minimum absolute atomic E-state index is 0.0894. The van der Waals surface area contributed by atoms with Crippen LogP contribution in [0.3, 0.4) is 0 Å². The van der Waals surface area contributed by atoms with Crippen LogP contribution in [0.15, 0.2) is 0 Å². The van der Waals surface area contributed by atoms with E-state index in [0.29, 0.717) is 13.0 Å². The van der Waals surface area contributed by atoms with Gasteiger partial charge < -0.3 is 9.64 Å². The van der Waals surface area contributed by atoms with Crippen molar-refractivity contribution in [2.24, 2.45) is 0 Å². The number of nitrogens with zero attached hydrogens (tertiary/aromatic N) is 1. The van der Waals surface area contributed by atoms with Crippen molar-refractivity contribution in [3.63, 3.8) is 0 Å². The molecule has 1 rings (SSSR count). The number of carbonyl (C=O) groups excluding carboxylic acids is 1. The first kappa shape index (κ1) is 12.2. The molecule has 88 valence electrons. The summed E-state index contributed by atoms with van der Waals surface area (Å²) in [5, 5.41) is 3.02. The number of ether oxygens (including phenoxy) is 1. The fourth-order valence-electron chi connectivity index (χ4n) is 1.29. The topological polar surface area (TPSA) is 41.6 Å². The summed E-state index contributed by atoms with van der Waals surface area (Å²) in [7, 11) is 0. The van der Waals surface area contributed by atoms with Crippen molar-refractivity contribution in [1.82, 2.24) is 10.2 Å². The summed E-state index contributed by atoms with van der Waals surface area (Å²) in [6.07, 6.45) is -0.915. The smallest absolute Gasteiger partial charge is 0.411 e. The van der Waals surface area contributed by atoms with Crippen LogP contribution in [0.2, 0.25) is 0 Å². The molecule has 0 aromatic heterocycles. The molecule has 1 N–H and O–H groups in total. The standard InChI is InChI=1S/C10H19FN2O2/c1-10(2,3)12-7-15-9(14)13-5-4-8(11)6-13/h8,12H,4-7H2,1-3H3. The lowest BCUT2D eigenvalue weighted by atomic mass is 10.1. The van der Waals surface area contributed by atoms with E-state index in [-0.39, 0.29) is 18.8 Å². The predicted molar refractivity (Wildman–Crippen MR) is 55.3 cm³/mol. The van der Waals surface area contributed by atoms with Gasteiger partial charge in [-0.15, -0.1) is 0 Å². The second-order valence-electron chi connectivity index (χ2n) is 4.81. The lowest BCUT2D eigenvalue weighted by Crippen LogP contribution is -2.40. The number of likely N-dealkylation sites (tertiary alicyclic amines) is 1. The minimum atomic E-state index is -0.895. The lowest BCUT2D eigenvalue weighted by Gasteiger charge is -2.21. The van der Waals surface area contributed by atoms with Crippen molar-refractivity contribution in [3.05, 3.63) is 0 Å². The first-order chi connectivity index (χ1) is 6.88. The molecule has 4 nitrogen and oxygen atoms in total. The van der Waals surface area contributed by atoms with Crippen LogP contribution >= 0.6 is 0 Å². The molecule has 1 aliphatic rings. The first-order valence-electron chi connectivity index (χ1n) is 5.19. The Morgan fingerprint density at radius 1 is 1.60 bits per heavy atom. The van der Waals surface area contributed by atoms with Crippen molar-refractivity contribution in [2.45, 2.75) is 38.9 Å². The Kier molecular flexibility index (Phi) is 3.90. The maximum Gasteiger partial charge on any atom is 0.411 e. The normalized spacial score (nSPS) is 21.9. The van der Waals surface area contributed by atoms with Crippen LogP contribution in [-0.4, -0.2) is 42.5 Å². The molecule has 5 heteroatoms. The highest BCUT2D eigenvalue weighted by Gasteiger charge is 2.26. The molecule has 0 radical (unpaired) electrons. The van der Waals surface area contributed by atoms with E-state index in [1.807, 2.05) is 20.8 Å². The number of rotatable bonds is 2. The molecule has 1 unspecified atom stereocenters. The average molecular weight is 218 g/mol. The monoisotopic (exact) mass is 218 g/mol. The van der Waals surface area contributed by atoms with Gasteiger partial charge in [-0.25, -0.2) is 9.18 Å². The molecular weight excluding hydrogens is 199 g/mol. The number of alkyl halides is 1. The van der Waals surface area contributed by atoms with Crippen LogP contribution in [0.1, 0.15) is 27.2 Å². The molecular formula is C10H19FN2O2. The highest BCUT2D eigenvalue weighted by Crippen LogP contribution is 2.12. The van der Waals surface area contributed by atoms with Crippen LogP contribution in [0, 0.1) is 0 Å². The van der Waals surface area contributed by atoms with E-state index >= 15 is 0 Å². The van der Waals surface area contributed by atoms with Crippen LogP contribution in [-0.2, 0) is 4.74 Å². The average Bonchev–Trinajstić information content (AvgIpc) is 2.49. The third-order valence-electron chi connectivity index (χ3n) is 2.19. The summed E-state index contributed by atoms with van der Waals surface area (Å²) in [5.41, 5.74) is -0.0894. The zero-order valence-corrected chi connectivity index (χ0v) is 9.55. The molecule has 0 bridgehead atoms.